The molecule has 5 rings (SSSR count). The van der Waals surface area contributed by atoms with Crippen molar-refractivity contribution >= 4 is 17.5 Å². The highest BCUT2D eigenvalue weighted by molar-refractivity contribution is 6.30. The first-order valence-corrected chi connectivity index (χ1v) is 11.2. The lowest BCUT2D eigenvalue weighted by Crippen LogP contribution is -2.31. The lowest BCUT2D eigenvalue weighted by Gasteiger charge is -2.19. The molecule has 3 aromatic rings. The summed E-state index contributed by atoms with van der Waals surface area (Å²) in [4.78, 5) is 14.5. The lowest BCUT2D eigenvalue weighted by molar-refractivity contribution is -0.123. The normalized spacial score (nSPS) is 17.7. The topological polar surface area (TPSA) is 76.2 Å². The van der Waals surface area contributed by atoms with Gasteiger partial charge in [-0.05, 0) is 44.0 Å². The number of hydrogen-bond acceptors (Lipinski definition) is 5. The largest absolute Gasteiger partial charge is 0.460 e. The zero-order valence-corrected chi connectivity index (χ0v) is 18.3. The average molecular weight is 440 g/mol. The zero-order chi connectivity index (χ0) is 21.4. The SMILES string of the molecule is C[C@H](NC(=O)C1CC1)c1nnc2n1CCN(Cc1ccc(-c3cccc(Cl)c3)o1)CC2. The van der Waals surface area contributed by atoms with Crippen molar-refractivity contribution in [1.29, 1.82) is 0 Å². The second-order valence-electron chi connectivity index (χ2n) is 8.43. The Morgan fingerprint density at radius 3 is 2.90 bits per heavy atom. The van der Waals surface area contributed by atoms with Crippen LogP contribution in [0.2, 0.25) is 5.02 Å². The van der Waals surface area contributed by atoms with Crippen LogP contribution < -0.4 is 5.32 Å². The Labute approximate surface area is 186 Å². The van der Waals surface area contributed by atoms with Gasteiger partial charge in [-0.1, -0.05) is 23.7 Å². The highest BCUT2D eigenvalue weighted by Gasteiger charge is 2.31. The van der Waals surface area contributed by atoms with Crippen molar-refractivity contribution in [1.82, 2.24) is 25.0 Å². The molecule has 31 heavy (non-hydrogen) atoms. The molecule has 1 amide bonds. The molecule has 2 aliphatic rings. The first kappa shape index (κ1) is 20.3. The van der Waals surface area contributed by atoms with Gasteiger partial charge in [0.25, 0.3) is 0 Å². The average Bonchev–Trinajstić information content (AvgIpc) is 3.43. The summed E-state index contributed by atoms with van der Waals surface area (Å²) in [7, 11) is 0. The Hall–Kier alpha value is -2.64. The zero-order valence-electron chi connectivity index (χ0n) is 17.6. The van der Waals surface area contributed by atoms with Crippen LogP contribution in [0.15, 0.2) is 40.8 Å². The number of carbonyl (C=O) groups is 1. The molecule has 0 bridgehead atoms. The first-order chi connectivity index (χ1) is 15.1. The maximum Gasteiger partial charge on any atom is 0.223 e. The fourth-order valence-electron chi connectivity index (χ4n) is 4.09. The minimum Gasteiger partial charge on any atom is -0.460 e. The van der Waals surface area contributed by atoms with E-state index in [0.29, 0.717) is 5.02 Å². The summed E-state index contributed by atoms with van der Waals surface area (Å²) >= 11 is 6.10. The number of halogens is 1. The van der Waals surface area contributed by atoms with Crippen molar-refractivity contribution in [3.63, 3.8) is 0 Å². The fraction of sp³-hybridized carbons (Fsp3) is 0.435. The predicted molar refractivity (Wildman–Crippen MR) is 117 cm³/mol. The molecule has 1 fully saturated rings. The van der Waals surface area contributed by atoms with E-state index in [1.807, 2.05) is 43.3 Å². The molecular weight excluding hydrogens is 414 g/mol. The van der Waals surface area contributed by atoms with Gasteiger partial charge in [0.15, 0.2) is 5.82 Å². The van der Waals surface area contributed by atoms with Crippen LogP contribution in [0.3, 0.4) is 0 Å². The van der Waals surface area contributed by atoms with E-state index in [4.69, 9.17) is 16.0 Å². The van der Waals surface area contributed by atoms with E-state index in [-0.39, 0.29) is 17.9 Å². The Bertz CT molecular complexity index is 1090. The number of carbonyl (C=O) groups excluding carboxylic acids is 1. The molecule has 8 heteroatoms. The van der Waals surface area contributed by atoms with E-state index in [1.54, 1.807) is 0 Å². The van der Waals surface area contributed by atoms with Crippen molar-refractivity contribution in [2.24, 2.45) is 5.92 Å². The maximum atomic E-state index is 12.1. The molecule has 0 unspecified atom stereocenters. The van der Waals surface area contributed by atoms with Crippen LogP contribution >= 0.6 is 11.6 Å². The molecule has 7 nitrogen and oxygen atoms in total. The molecule has 1 atom stereocenters. The number of fused-ring (bicyclic) bond motifs is 1. The molecule has 1 aliphatic carbocycles. The van der Waals surface area contributed by atoms with Crippen LogP contribution in [0.4, 0.5) is 0 Å². The Kier molecular flexibility index (Phi) is 5.54. The summed E-state index contributed by atoms with van der Waals surface area (Å²) in [6.45, 7) is 5.27. The summed E-state index contributed by atoms with van der Waals surface area (Å²) in [5.74, 6) is 3.89. The Morgan fingerprint density at radius 2 is 2.10 bits per heavy atom. The van der Waals surface area contributed by atoms with E-state index in [9.17, 15) is 4.79 Å². The number of benzene rings is 1. The summed E-state index contributed by atoms with van der Waals surface area (Å²) in [5, 5.41) is 12.6. The van der Waals surface area contributed by atoms with Crippen LogP contribution in [-0.2, 0) is 24.3 Å². The van der Waals surface area contributed by atoms with Gasteiger partial charge in [-0.2, -0.15) is 0 Å². The van der Waals surface area contributed by atoms with Gasteiger partial charge < -0.3 is 14.3 Å². The van der Waals surface area contributed by atoms with Gasteiger partial charge in [-0.3, -0.25) is 9.69 Å². The van der Waals surface area contributed by atoms with E-state index in [2.05, 4.69) is 25.0 Å². The maximum absolute atomic E-state index is 12.1. The number of nitrogens with one attached hydrogen (secondary N) is 1. The summed E-state index contributed by atoms with van der Waals surface area (Å²) in [6.07, 6.45) is 2.81. The minimum absolute atomic E-state index is 0.133. The minimum atomic E-state index is -0.133. The van der Waals surface area contributed by atoms with Crippen LogP contribution in [-0.4, -0.2) is 38.7 Å². The van der Waals surface area contributed by atoms with Gasteiger partial charge >= 0.3 is 0 Å². The smallest absolute Gasteiger partial charge is 0.223 e. The highest BCUT2D eigenvalue weighted by Crippen LogP contribution is 2.30. The molecule has 1 N–H and O–H groups in total. The third-order valence-electron chi connectivity index (χ3n) is 5.99. The van der Waals surface area contributed by atoms with E-state index >= 15 is 0 Å². The fourth-order valence-corrected chi connectivity index (χ4v) is 4.28. The first-order valence-electron chi connectivity index (χ1n) is 10.9. The standard InChI is InChI=1S/C23H26ClN5O2/c1-15(25-23(30)16-5-6-16)22-27-26-21-9-10-28(11-12-29(21)22)14-19-7-8-20(31-19)17-3-2-4-18(24)13-17/h2-4,7-8,13,15-16H,5-6,9-12,14H2,1H3,(H,25,30)/t15-/m0/s1. The Balaban J connectivity index is 1.23. The number of nitrogens with zero attached hydrogens (tertiary/aromatic N) is 4. The second kappa shape index (κ2) is 8.48. The molecule has 162 valence electrons. The van der Waals surface area contributed by atoms with Crippen LogP contribution in [0, 0.1) is 5.92 Å². The molecule has 1 saturated carbocycles. The van der Waals surface area contributed by atoms with Crippen LogP contribution in [0.25, 0.3) is 11.3 Å². The van der Waals surface area contributed by atoms with Crippen LogP contribution in [0.1, 0.15) is 43.2 Å². The monoisotopic (exact) mass is 439 g/mol. The molecule has 1 aliphatic heterocycles. The molecule has 0 spiro atoms. The van der Waals surface area contributed by atoms with Gasteiger partial charge in [0.1, 0.15) is 17.3 Å². The van der Waals surface area contributed by atoms with Crippen molar-refractivity contribution in [2.75, 3.05) is 13.1 Å². The van der Waals surface area contributed by atoms with Crippen molar-refractivity contribution in [2.45, 2.75) is 45.3 Å². The van der Waals surface area contributed by atoms with E-state index < -0.39 is 0 Å². The lowest BCUT2D eigenvalue weighted by atomic mass is 10.2. The van der Waals surface area contributed by atoms with Gasteiger partial charge in [-0.25, -0.2) is 0 Å². The molecule has 0 saturated heterocycles. The van der Waals surface area contributed by atoms with Gasteiger partial charge in [-0.15, -0.1) is 10.2 Å². The van der Waals surface area contributed by atoms with E-state index in [1.165, 1.54) is 0 Å². The van der Waals surface area contributed by atoms with Crippen molar-refractivity contribution < 1.29 is 9.21 Å². The van der Waals surface area contributed by atoms with Gasteiger partial charge in [0, 0.05) is 42.6 Å². The Morgan fingerprint density at radius 1 is 1.23 bits per heavy atom. The third-order valence-corrected chi connectivity index (χ3v) is 6.23. The molecule has 1 aromatic carbocycles. The third kappa shape index (κ3) is 4.52. The molecule has 2 aromatic heterocycles. The molecule has 0 radical (unpaired) electrons. The number of rotatable bonds is 6. The predicted octanol–water partition coefficient (Wildman–Crippen LogP) is 3.84. The number of furan rings is 1. The van der Waals surface area contributed by atoms with E-state index in [0.717, 1.165) is 74.2 Å². The van der Waals surface area contributed by atoms with Gasteiger partial charge in [0.05, 0.1) is 12.6 Å². The second-order valence-corrected chi connectivity index (χ2v) is 8.87. The van der Waals surface area contributed by atoms with Crippen molar-refractivity contribution in [3.05, 3.63) is 58.8 Å². The van der Waals surface area contributed by atoms with Crippen LogP contribution in [0.5, 0.6) is 0 Å². The van der Waals surface area contributed by atoms with Crippen molar-refractivity contribution in [3.8, 4) is 11.3 Å². The summed E-state index contributed by atoms with van der Waals surface area (Å²) in [5.41, 5.74) is 0.979. The highest BCUT2D eigenvalue weighted by atomic mass is 35.5. The number of hydrogen-bond donors (Lipinski definition) is 1. The molecule has 3 heterocycles. The number of amides is 1. The summed E-state index contributed by atoms with van der Waals surface area (Å²) in [6, 6.07) is 11.6. The van der Waals surface area contributed by atoms with Gasteiger partial charge in [0.2, 0.25) is 5.91 Å². The quantitative estimate of drug-likeness (QED) is 0.631. The molecular formula is C23H26ClN5O2. The summed E-state index contributed by atoms with van der Waals surface area (Å²) < 4.78 is 8.24. The number of aromatic nitrogens is 3.